The van der Waals surface area contributed by atoms with Gasteiger partial charge < -0.3 is 5.32 Å². The van der Waals surface area contributed by atoms with E-state index in [2.05, 4.69) is 16.4 Å². The first kappa shape index (κ1) is 11.2. The summed E-state index contributed by atoms with van der Waals surface area (Å²) in [6, 6.07) is 4.21. The molecule has 14 heavy (non-hydrogen) atoms. The van der Waals surface area contributed by atoms with Gasteiger partial charge in [-0.25, -0.2) is 0 Å². The predicted octanol–water partition coefficient (Wildman–Crippen LogP) is 2.57. The van der Waals surface area contributed by atoms with E-state index in [1.807, 2.05) is 32.3 Å². The highest BCUT2D eigenvalue weighted by molar-refractivity contribution is 5.15. The number of piperidine rings is 1. The van der Waals surface area contributed by atoms with Gasteiger partial charge in [0.05, 0.1) is 0 Å². The molecule has 2 heterocycles. The lowest BCUT2D eigenvalue weighted by Gasteiger charge is -2.22. The van der Waals surface area contributed by atoms with Gasteiger partial charge in [0.15, 0.2) is 0 Å². The molecule has 0 bridgehead atoms. The fraction of sp³-hybridized carbons (Fsp3) is 0.583. The van der Waals surface area contributed by atoms with E-state index in [0.29, 0.717) is 0 Å². The molecule has 1 aliphatic rings. The van der Waals surface area contributed by atoms with Gasteiger partial charge in [-0.1, -0.05) is 19.9 Å². The molecule has 0 radical (unpaired) electrons. The smallest absolute Gasteiger partial charge is 0.0302 e. The molecule has 1 fully saturated rings. The molecule has 0 unspecified atom stereocenters. The monoisotopic (exact) mass is 192 g/mol. The number of aromatic nitrogens is 1. The Hall–Kier alpha value is -0.890. The molecule has 0 spiro atoms. The first-order chi connectivity index (χ1) is 6.97. The summed E-state index contributed by atoms with van der Waals surface area (Å²) in [5.74, 6) is 0.736. The van der Waals surface area contributed by atoms with E-state index in [1.54, 1.807) is 0 Å². The topological polar surface area (TPSA) is 24.9 Å². The van der Waals surface area contributed by atoms with E-state index in [9.17, 15) is 0 Å². The Morgan fingerprint density at radius 2 is 2.00 bits per heavy atom. The lowest BCUT2D eigenvalue weighted by Crippen LogP contribution is -2.26. The number of hydrogen-bond acceptors (Lipinski definition) is 2. The quantitative estimate of drug-likeness (QED) is 0.739. The molecule has 1 aromatic heterocycles. The number of hydrogen-bond donors (Lipinski definition) is 1. The van der Waals surface area contributed by atoms with Gasteiger partial charge in [-0.2, -0.15) is 0 Å². The van der Waals surface area contributed by atoms with E-state index in [1.165, 1.54) is 18.4 Å². The number of nitrogens with one attached hydrogen (secondary N) is 1. The van der Waals surface area contributed by atoms with Crippen LogP contribution in [0.15, 0.2) is 24.5 Å². The maximum Gasteiger partial charge on any atom is 0.0302 e. The van der Waals surface area contributed by atoms with Crippen LogP contribution in [0.2, 0.25) is 0 Å². The van der Waals surface area contributed by atoms with Crippen molar-refractivity contribution in [2.24, 2.45) is 0 Å². The lowest BCUT2D eigenvalue weighted by atomic mass is 9.91. The first-order valence-electron chi connectivity index (χ1n) is 5.57. The summed E-state index contributed by atoms with van der Waals surface area (Å²) in [5, 5.41) is 3.36. The summed E-state index contributed by atoms with van der Waals surface area (Å²) < 4.78 is 0. The van der Waals surface area contributed by atoms with Crippen molar-refractivity contribution in [1.82, 2.24) is 10.3 Å². The molecule has 2 rings (SSSR count). The molecule has 1 saturated heterocycles. The predicted molar refractivity (Wildman–Crippen MR) is 60.4 cm³/mol. The van der Waals surface area contributed by atoms with Crippen molar-refractivity contribution < 1.29 is 0 Å². The van der Waals surface area contributed by atoms with Gasteiger partial charge >= 0.3 is 0 Å². The van der Waals surface area contributed by atoms with E-state index in [0.717, 1.165) is 19.0 Å². The fourth-order valence-electron chi connectivity index (χ4n) is 1.77. The van der Waals surface area contributed by atoms with Crippen molar-refractivity contribution in [3.05, 3.63) is 30.1 Å². The second kappa shape index (κ2) is 6.55. The molecule has 0 aromatic carbocycles. The molecule has 0 aliphatic carbocycles. The highest BCUT2D eigenvalue weighted by Crippen LogP contribution is 2.23. The van der Waals surface area contributed by atoms with Crippen LogP contribution in [-0.2, 0) is 0 Å². The average Bonchev–Trinajstić information content (AvgIpc) is 2.34. The van der Waals surface area contributed by atoms with Crippen molar-refractivity contribution in [3.8, 4) is 0 Å². The average molecular weight is 192 g/mol. The molecule has 2 heteroatoms. The summed E-state index contributed by atoms with van der Waals surface area (Å²) in [6.07, 6.45) is 6.35. The van der Waals surface area contributed by atoms with Gasteiger partial charge in [0.25, 0.3) is 0 Å². The maximum absolute atomic E-state index is 4.14. The Balaban J connectivity index is 0.000000461. The standard InChI is InChI=1S/C10H14N2.C2H6/c1-2-10(8-12-5-1)9-3-6-11-7-4-9;1-2/h1-2,5,8-9,11H,3-4,6-7H2;1-2H3. The van der Waals surface area contributed by atoms with Crippen molar-refractivity contribution in [2.75, 3.05) is 13.1 Å². The van der Waals surface area contributed by atoms with Crippen molar-refractivity contribution >= 4 is 0 Å². The molecule has 0 amide bonds. The van der Waals surface area contributed by atoms with Crippen LogP contribution in [0.4, 0.5) is 0 Å². The van der Waals surface area contributed by atoms with Crippen LogP contribution >= 0.6 is 0 Å². The molecular formula is C12H20N2. The molecule has 1 aromatic rings. The summed E-state index contributed by atoms with van der Waals surface area (Å²) in [6.45, 7) is 6.30. The van der Waals surface area contributed by atoms with E-state index in [4.69, 9.17) is 0 Å². The minimum atomic E-state index is 0.736. The van der Waals surface area contributed by atoms with Gasteiger partial charge in [0, 0.05) is 12.4 Å². The highest BCUT2D eigenvalue weighted by atomic mass is 14.9. The molecular weight excluding hydrogens is 172 g/mol. The van der Waals surface area contributed by atoms with Gasteiger partial charge in [-0.3, -0.25) is 4.98 Å². The van der Waals surface area contributed by atoms with Crippen LogP contribution in [0.25, 0.3) is 0 Å². The molecule has 1 aliphatic heterocycles. The maximum atomic E-state index is 4.14. The molecule has 78 valence electrons. The Morgan fingerprint density at radius 3 is 2.57 bits per heavy atom. The van der Waals surface area contributed by atoms with Crippen LogP contribution in [0.3, 0.4) is 0 Å². The van der Waals surface area contributed by atoms with Crippen LogP contribution in [-0.4, -0.2) is 18.1 Å². The number of nitrogens with zero attached hydrogens (tertiary/aromatic N) is 1. The third kappa shape index (κ3) is 3.11. The van der Waals surface area contributed by atoms with Crippen molar-refractivity contribution in [1.29, 1.82) is 0 Å². The zero-order valence-electron chi connectivity index (χ0n) is 9.16. The van der Waals surface area contributed by atoms with E-state index >= 15 is 0 Å². The summed E-state index contributed by atoms with van der Waals surface area (Å²) >= 11 is 0. The first-order valence-corrected chi connectivity index (χ1v) is 5.57. The van der Waals surface area contributed by atoms with Gasteiger partial charge in [0.2, 0.25) is 0 Å². The Labute approximate surface area is 86.8 Å². The van der Waals surface area contributed by atoms with Crippen LogP contribution in [0.5, 0.6) is 0 Å². The van der Waals surface area contributed by atoms with Gasteiger partial charge in [0.1, 0.15) is 0 Å². The largest absolute Gasteiger partial charge is 0.317 e. The SMILES string of the molecule is CC.c1cncc(C2CCNCC2)c1. The minimum Gasteiger partial charge on any atom is -0.317 e. The molecule has 1 N–H and O–H groups in total. The fourth-order valence-corrected chi connectivity index (χ4v) is 1.77. The highest BCUT2D eigenvalue weighted by Gasteiger charge is 2.14. The second-order valence-electron chi connectivity index (χ2n) is 3.31. The Kier molecular flexibility index (Phi) is 5.23. The third-order valence-electron chi connectivity index (χ3n) is 2.49. The molecule has 2 nitrogen and oxygen atoms in total. The number of pyridine rings is 1. The summed E-state index contributed by atoms with van der Waals surface area (Å²) in [4.78, 5) is 4.14. The Bertz CT molecular complexity index is 227. The van der Waals surface area contributed by atoms with E-state index < -0.39 is 0 Å². The third-order valence-corrected chi connectivity index (χ3v) is 2.49. The minimum absolute atomic E-state index is 0.736. The molecule has 0 saturated carbocycles. The van der Waals surface area contributed by atoms with Crippen molar-refractivity contribution in [2.45, 2.75) is 32.6 Å². The van der Waals surface area contributed by atoms with Crippen LogP contribution in [0.1, 0.15) is 38.2 Å². The zero-order valence-corrected chi connectivity index (χ0v) is 9.16. The zero-order chi connectivity index (χ0) is 10.2. The van der Waals surface area contributed by atoms with Crippen LogP contribution < -0.4 is 5.32 Å². The lowest BCUT2D eigenvalue weighted by molar-refractivity contribution is 0.459. The normalized spacial score (nSPS) is 17.0. The molecule has 0 atom stereocenters. The summed E-state index contributed by atoms with van der Waals surface area (Å²) in [5.41, 5.74) is 1.40. The Morgan fingerprint density at radius 1 is 1.29 bits per heavy atom. The van der Waals surface area contributed by atoms with Crippen molar-refractivity contribution in [3.63, 3.8) is 0 Å². The second-order valence-corrected chi connectivity index (χ2v) is 3.31. The van der Waals surface area contributed by atoms with E-state index in [-0.39, 0.29) is 0 Å². The van der Waals surface area contributed by atoms with Gasteiger partial charge in [-0.15, -0.1) is 0 Å². The van der Waals surface area contributed by atoms with Crippen LogP contribution in [0, 0.1) is 0 Å². The summed E-state index contributed by atoms with van der Waals surface area (Å²) in [7, 11) is 0. The number of rotatable bonds is 1. The van der Waals surface area contributed by atoms with Gasteiger partial charge in [-0.05, 0) is 43.5 Å².